The minimum Gasteiger partial charge on any atom is -0.342 e. The van der Waals surface area contributed by atoms with E-state index in [1.807, 2.05) is 20.8 Å². The lowest BCUT2D eigenvalue weighted by molar-refractivity contribution is -0.118. The number of sulfone groups is 1. The number of hydrogen-bond donors (Lipinski definition) is 1. The second kappa shape index (κ2) is 7.32. The summed E-state index contributed by atoms with van der Waals surface area (Å²) in [6, 6.07) is 3.48. The molecule has 0 radical (unpaired) electrons. The number of allylic oxidation sites excluding steroid dienone is 2. The SMILES string of the molecule is CC(C)(C)CC1N=NC2=C1[C@@](C)(c1cc(S(C)(=O)=O)ccc1F)C1=C(CC(C)(C)CC1=O)N2. The highest BCUT2D eigenvalue weighted by atomic mass is 32.2. The second-order valence-electron chi connectivity index (χ2n) is 11.7. The molecule has 2 atom stereocenters. The Morgan fingerprint density at radius 3 is 2.45 bits per heavy atom. The van der Waals surface area contributed by atoms with Gasteiger partial charge < -0.3 is 5.32 Å². The zero-order valence-corrected chi connectivity index (χ0v) is 21.2. The third-order valence-electron chi connectivity index (χ3n) is 6.78. The van der Waals surface area contributed by atoms with E-state index < -0.39 is 21.1 Å². The van der Waals surface area contributed by atoms with Crippen LogP contribution in [0.4, 0.5) is 4.39 Å². The summed E-state index contributed by atoms with van der Waals surface area (Å²) in [7, 11) is -3.58. The fourth-order valence-corrected chi connectivity index (χ4v) is 6.11. The van der Waals surface area contributed by atoms with Crippen LogP contribution in [0.1, 0.15) is 66.4 Å². The highest BCUT2D eigenvalue weighted by Gasteiger charge is 2.53. The molecule has 1 aromatic carbocycles. The molecule has 33 heavy (non-hydrogen) atoms. The Bertz CT molecular complexity index is 1250. The highest BCUT2D eigenvalue weighted by Crippen LogP contribution is 2.54. The lowest BCUT2D eigenvalue weighted by atomic mass is 9.60. The van der Waals surface area contributed by atoms with Gasteiger partial charge in [-0.15, -0.1) is 5.11 Å². The smallest absolute Gasteiger partial charge is 0.175 e. The van der Waals surface area contributed by atoms with Gasteiger partial charge in [-0.1, -0.05) is 34.6 Å². The molecule has 1 N–H and O–H groups in total. The fraction of sp³-hybridized carbons (Fsp3) is 0.560. The predicted molar refractivity (Wildman–Crippen MR) is 125 cm³/mol. The maximum atomic E-state index is 15.5. The van der Waals surface area contributed by atoms with Crippen LogP contribution < -0.4 is 5.32 Å². The van der Waals surface area contributed by atoms with Crippen molar-refractivity contribution in [2.75, 3.05) is 6.26 Å². The van der Waals surface area contributed by atoms with Crippen LogP contribution in [-0.2, 0) is 20.0 Å². The van der Waals surface area contributed by atoms with E-state index in [0.717, 1.165) is 17.5 Å². The first-order chi connectivity index (χ1) is 15.0. The molecule has 3 aliphatic rings. The first-order valence-electron chi connectivity index (χ1n) is 11.2. The minimum atomic E-state index is -3.58. The van der Waals surface area contributed by atoms with Gasteiger partial charge in [0, 0.05) is 35.1 Å². The second-order valence-corrected chi connectivity index (χ2v) is 13.7. The van der Waals surface area contributed by atoms with Crippen molar-refractivity contribution in [3.63, 3.8) is 0 Å². The summed E-state index contributed by atoms with van der Waals surface area (Å²) in [4.78, 5) is 13.6. The van der Waals surface area contributed by atoms with E-state index in [0.29, 0.717) is 30.7 Å². The van der Waals surface area contributed by atoms with Crippen LogP contribution in [0.2, 0.25) is 0 Å². The predicted octanol–water partition coefficient (Wildman–Crippen LogP) is 5.22. The van der Waals surface area contributed by atoms with Crippen LogP contribution in [-0.4, -0.2) is 26.5 Å². The lowest BCUT2D eigenvalue weighted by Crippen LogP contribution is -2.47. The molecule has 2 aliphatic heterocycles. The Hall–Kier alpha value is -2.35. The number of Topliss-reactive ketones (excluding diaryl/α,β-unsaturated/α-hetero) is 1. The third kappa shape index (κ3) is 4.07. The van der Waals surface area contributed by atoms with Crippen molar-refractivity contribution in [1.82, 2.24) is 5.32 Å². The molecule has 1 aliphatic carbocycles. The highest BCUT2D eigenvalue weighted by molar-refractivity contribution is 7.90. The Morgan fingerprint density at radius 1 is 1.18 bits per heavy atom. The fourth-order valence-electron chi connectivity index (χ4n) is 5.47. The molecule has 178 valence electrons. The molecule has 0 amide bonds. The van der Waals surface area contributed by atoms with Crippen molar-refractivity contribution >= 4 is 15.6 Å². The Balaban J connectivity index is 2.01. The summed E-state index contributed by atoms with van der Waals surface area (Å²) in [5.41, 5.74) is 0.588. The Morgan fingerprint density at radius 2 is 1.85 bits per heavy atom. The van der Waals surface area contributed by atoms with Gasteiger partial charge in [-0.05, 0) is 48.8 Å². The molecular weight excluding hydrogens is 441 g/mol. The van der Waals surface area contributed by atoms with Crippen LogP contribution in [0, 0.1) is 16.6 Å². The maximum Gasteiger partial charge on any atom is 0.175 e. The van der Waals surface area contributed by atoms with Gasteiger partial charge in [0.05, 0.1) is 16.4 Å². The summed E-state index contributed by atoms with van der Waals surface area (Å²) >= 11 is 0. The zero-order chi connectivity index (χ0) is 24.6. The Labute approximate surface area is 195 Å². The third-order valence-corrected chi connectivity index (χ3v) is 7.89. The number of carbonyl (C=O) groups excluding carboxylic acids is 1. The first kappa shape index (κ1) is 23.8. The number of carbonyl (C=O) groups is 1. The zero-order valence-electron chi connectivity index (χ0n) is 20.3. The standard InChI is InChI=1S/C25H32FN3O3S/c1-23(2,3)11-18-21-22(29-28-18)27-17-12-24(4,5)13-19(30)20(17)25(21,6)15-10-14(33(7,31)32)8-9-16(15)26/h8-10,18,27H,11-13H2,1-7H3/t18?,25-/m0/s1. The normalized spacial score (nSPS) is 26.9. The van der Waals surface area contributed by atoms with Crippen molar-refractivity contribution in [3.05, 3.63) is 52.2 Å². The van der Waals surface area contributed by atoms with Gasteiger partial charge in [-0.3, -0.25) is 4.79 Å². The first-order valence-corrected chi connectivity index (χ1v) is 13.1. The summed E-state index contributed by atoms with van der Waals surface area (Å²) in [5, 5.41) is 12.3. The van der Waals surface area contributed by atoms with Gasteiger partial charge in [0.1, 0.15) is 5.82 Å². The molecule has 0 fully saturated rings. The van der Waals surface area contributed by atoms with Crippen molar-refractivity contribution in [1.29, 1.82) is 0 Å². The van der Waals surface area contributed by atoms with Gasteiger partial charge in [-0.25, -0.2) is 12.8 Å². The summed E-state index contributed by atoms with van der Waals surface area (Å²) in [6.07, 6.45) is 2.69. The van der Waals surface area contributed by atoms with E-state index in [4.69, 9.17) is 0 Å². The quantitative estimate of drug-likeness (QED) is 0.610. The van der Waals surface area contributed by atoms with Crippen molar-refractivity contribution in [2.45, 2.75) is 77.2 Å². The molecule has 0 aromatic heterocycles. The van der Waals surface area contributed by atoms with Crippen molar-refractivity contribution in [3.8, 4) is 0 Å². The molecular formula is C25H32FN3O3S. The van der Waals surface area contributed by atoms with Crippen LogP contribution in [0.25, 0.3) is 0 Å². The van der Waals surface area contributed by atoms with Gasteiger partial charge in [-0.2, -0.15) is 5.11 Å². The minimum absolute atomic E-state index is 0.0193. The number of halogens is 1. The largest absolute Gasteiger partial charge is 0.342 e. The molecule has 0 spiro atoms. The number of rotatable bonds is 3. The topological polar surface area (TPSA) is 88.0 Å². The lowest BCUT2D eigenvalue weighted by Gasteiger charge is -2.45. The monoisotopic (exact) mass is 473 g/mol. The van der Waals surface area contributed by atoms with Crippen molar-refractivity contribution in [2.24, 2.45) is 21.1 Å². The average Bonchev–Trinajstić information content (AvgIpc) is 3.00. The summed E-state index contributed by atoms with van der Waals surface area (Å²) < 4.78 is 40.2. The van der Waals surface area contributed by atoms with Crippen LogP contribution in [0.15, 0.2) is 56.0 Å². The molecule has 1 unspecified atom stereocenters. The molecule has 4 rings (SSSR count). The van der Waals surface area contributed by atoms with E-state index in [2.05, 4.69) is 36.3 Å². The maximum absolute atomic E-state index is 15.5. The molecule has 6 nitrogen and oxygen atoms in total. The molecule has 0 bridgehead atoms. The van der Waals surface area contributed by atoms with E-state index in [1.165, 1.54) is 18.2 Å². The van der Waals surface area contributed by atoms with Gasteiger partial charge in [0.25, 0.3) is 0 Å². The number of nitrogens with zero attached hydrogens (tertiary/aromatic N) is 2. The van der Waals surface area contributed by atoms with E-state index in [-0.39, 0.29) is 33.1 Å². The summed E-state index contributed by atoms with van der Waals surface area (Å²) in [5.74, 6) is -0.0712. The average molecular weight is 474 g/mol. The molecule has 0 saturated carbocycles. The number of hydrogen-bond acceptors (Lipinski definition) is 6. The number of ketones is 1. The number of benzene rings is 1. The van der Waals surface area contributed by atoms with Gasteiger partial charge in [0.2, 0.25) is 0 Å². The van der Waals surface area contributed by atoms with Gasteiger partial charge in [0.15, 0.2) is 21.4 Å². The van der Waals surface area contributed by atoms with Crippen molar-refractivity contribution < 1.29 is 17.6 Å². The number of dihydropyridines is 1. The van der Waals surface area contributed by atoms with Crippen LogP contribution in [0.5, 0.6) is 0 Å². The van der Waals surface area contributed by atoms with Crippen LogP contribution in [0.3, 0.4) is 0 Å². The Kier molecular flexibility index (Phi) is 5.28. The molecule has 8 heteroatoms. The number of azo groups is 1. The van der Waals surface area contributed by atoms with E-state index in [1.54, 1.807) is 0 Å². The van der Waals surface area contributed by atoms with E-state index >= 15 is 4.39 Å². The summed E-state index contributed by atoms with van der Waals surface area (Å²) in [6.45, 7) is 12.2. The molecule has 1 aromatic rings. The van der Waals surface area contributed by atoms with Gasteiger partial charge >= 0.3 is 0 Å². The molecule has 0 saturated heterocycles. The molecule has 2 heterocycles. The number of nitrogens with one attached hydrogen (secondary N) is 1. The van der Waals surface area contributed by atoms with Crippen LogP contribution >= 0.6 is 0 Å². The van der Waals surface area contributed by atoms with E-state index in [9.17, 15) is 13.2 Å².